The van der Waals surface area contributed by atoms with Crippen LogP contribution in [0.15, 0.2) is 36.5 Å². The van der Waals surface area contributed by atoms with E-state index < -0.39 is 6.10 Å². The number of carbonyl (C=O) groups is 3. The van der Waals surface area contributed by atoms with E-state index in [9.17, 15) is 14.4 Å². The van der Waals surface area contributed by atoms with Gasteiger partial charge in [-0.15, -0.1) is 0 Å². The number of esters is 3. The van der Waals surface area contributed by atoms with Crippen molar-refractivity contribution in [2.45, 2.75) is 361 Å². The van der Waals surface area contributed by atoms with Crippen molar-refractivity contribution >= 4 is 17.9 Å². The summed E-state index contributed by atoms with van der Waals surface area (Å²) < 4.78 is 16.9. The van der Waals surface area contributed by atoms with E-state index in [2.05, 4.69) is 57.2 Å². The number of hydrogen-bond acceptors (Lipinski definition) is 6. The SMILES string of the molecule is CCCCCC/C=C\C/C=C\CCCCCCCC(=O)OC(COC(=O)CCCCCCCCCCCCCCCC)COC(=O)CCCCCCCCCCCCCCC/C=C\CCCCCCCCCC. The Morgan fingerprint density at radius 3 is 0.781 bits per heavy atom. The van der Waals surface area contributed by atoms with Crippen LogP contribution in [0.3, 0.4) is 0 Å². The minimum atomic E-state index is -0.777. The third-order valence-electron chi connectivity index (χ3n) is 14.6. The first-order chi connectivity index (χ1) is 36.0. The topological polar surface area (TPSA) is 78.9 Å². The van der Waals surface area contributed by atoms with E-state index in [1.807, 2.05) is 0 Å². The highest BCUT2D eigenvalue weighted by atomic mass is 16.6. The smallest absolute Gasteiger partial charge is 0.306 e. The molecule has 428 valence electrons. The number of carbonyl (C=O) groups excluding carboxylic acids is 3. The third-order valence-corrected chi connectivity index (χ3v) is 14.6. The molecule has 0 bridgehead atoms. The van der Waals surface area contributed by atoms with Crippen molar-refractivity contribution in [1.82, 2.24) is 0 Å². The lowest BCUT2D eigenvalue weighted by Gasteiger charge is -2.18. The largest absolute Gasteiger partial charge is 0.462 e. The van der Waals surface area contributed by atoms with Crippen molar-refractivity contribution in [3.8, 4) is 0 Å². The summed E-state index contributed by atoms with van der Waals surface area (Å²) in [6.45, 7) is 6.67. The summed E-state index contributed by atoms with van der Waals surface area (Å²) in [6.07, 6.45) is 75.8. The lowest BCUT2D eigenvalue weighted by Crippen LogP contribution is -2.30. The molecule has 0 rings (SSSR count). The number of unbranched alkanes of at least 4 members (excludes halogenated alkanes) is 43. The van der Waals surface area contributed by atoms with Crippen molar-refractivity contribution in [3.05, 3.63) is 36.5 Å². The van der Waals surface area contributed by atoms with Gasteiger partial charge in [0.05, 0.1) is 0 Å². The minimum absolute atomic E-state index is 0.0734. The van der Waals surface area contributed by atoms with Crippen LogP contribution in [0.1, 0.15) is 355 Å². The first-order valence-corrected chi connectivity index (χ1v) is 32.5. The molecule has 0 radical (unpaired) electrons. The van der Waals surface area contributed by atoms with Gasteiger partial charge in [0.2, 0.25) is 0 Å². The van der Waals surface area contributed by atoms with E-state index in [4.69, 9.17) is 14.2 Å². The molecule has 0 aliphatic heterocycles. The molecule has 0 aromatic rings. The molecular weight excluding hydrogens is 901 g/mol. The number of ether oxygens (including phenoxy) is 3. The summed E-state index contributed by atoms with van der Waals surface area (Å²) in [7, 11) is 0. The van der Waals surface area contributed by atoms with Gasteiger partial charge in [-0.25, -0.2) is 0 Å². The predicted octanol–water partition coefficient (Wildman–Crippen LogP) is 22.0. The van der Waals surface area contributed by atoms with E-state index in [0.29, 0.717) is 19.3 Å². The molecule has 0 amide bonds. The Morgan fingerprint density at radius 2 is 0.493 bits per heavy atom. The van der Waals surface area contributed by atoms with Crippen molar-refractivity contribution in [2.75, 3.05) is 13.2 Å². The third kappa shape index (κ3) is 60.4. The van der Waals surface area contributed by atoms with Gasteiger partial charge in [-0.05, 0) is 77.0 Å². The predicted molar refractivity (Wildman–Crippen MR) is 316 cm³/mol. The lowest BCUT2D eigenvalue weighted by molar-refractivity contribution is -0.167. The summed E-state index contributed by atoms with van der Waals surface area (Å²) in [6, 6.07) is 0. The summed E-state index contributed by atoms with van der Waals surface area (Å²) >= 11 is 0. The monoisotopic (exact) mass is 1020 g/mol. The summed E-state index contributed by atoms with van der Waals surface area (Å²) in [5, 5.41) is 0. The molecule has 0 saturated heterocycles. The van der Waals surface area contributed by atoms with Crippen LogP contribution < -0.4 is 0 Å². The molecule has 0 saturated carbocycles. The van der Waals surface area contributed by atoms with E-state index >= 15 is 0 Å². The maximum Gasteiger partial charge on any atom is 0.306 e. The molecule has 0 aliphatic rings. The highest BCUT2D eigenvalue weighted by Crippen LogP contribution is 2.17. The molecule has 0 spiro atoms. The maximum absolute atomic E-state index is 12.9. The molecule has 0 N–H and O–H groups in total. The zero-order chi connectivity index (χ0) is 52.9. The van der Waals surface area contributed by atoms with Gasteiger partial charge in [0.25, 0.3) is 0 Å². The molecule has 0 aliphatic carbocycles. The Hall–Kier alpha value is -2.37. The summed E-state index contributed by atoms with van der Waals surface area (Å²) in [5.41, 5.74) is 0. The molecule has 6 heteroatoms. The Labute approximate surface area is 455 Å². The van der Waals surface area contributed by atoms with Crippen molar-refractivity contribution in [3.63, 3.8) is 0 Å². The number of allylic oxidation sites excluding steroid dienone is 6. The molecule has 1 atom stereocenters. The van der Waals surface area contributed by atoms with Crippen LogP contribution in [0.5, 0.6) is 0 Å². The van der Waals surface area contributed by atoms with Gasteiger partial charge in [0.1, 0.15) is 13.2 Å². The summed E-state index contributed by atoms with van der Waals surface area (Å²) in [4.78, 5) is 38.3. The van der Waals surface area contributed by atoms with Crippen LogP contribution in [0.4, 0.5) is 0 Å². The normalized spacial score (nSPS) is 12.2. The molecule has 0 fully saturated rings. The highest BCUT2D eigenvalue weighted by Gasteiger charge is 2.19. The fourth-order valence-corrected chi connectivity index (χ4v) is 9.71. The zero-order valence-corrected chi connectivity index (χ0v) is 49.2. The zero-order valence-electron chi connectivity index (χ0n) is 49.2. The van der Waals surface area contributed by atoms with Crippen molar-refractivity contribution < 1.29 is 28.6 Å². The molecule has 0 aromatic carbocycles. The van der Waals surface area contributed by atoms with E-state index in [-0.39, 0.29) is 31.1 Å². The van der Waals surface area contributed by atoms with E-state index in [1.165, 1.54) is 231 Å². The second kappa shape index (κ2) is 62.2. The first kappa shape index (κ1) is 70.6. The van der Waals surface area contributed by atoms with Crippen molar-refractivity contribution in [1.29, 1.82) is 0 Å². The minimum Gasteiger partial charge on any atom is -0.462 e. The second-order valence-electron chi connectivity index (χ2n) is 22.0. The second-order valence-corrected chi connectivity index (χ2v) is 22.0. The Kier molecular flexibility index (Phi) is 60.2. The average molecular weight is 1030 g/mol. The Balaban J connectivity index is 4.26. The van der Waals surface area contributed by atoms with Gasteiger partial charge < -0.3 is 14.2 Å². The van der Waals surface area contributed by atoms with Crippen LogP contribution >= 0.6 is 0 Å². The number of rotatable bonds is 60. The molecule has 0 heterocycles. The Morgan fingerprint density at radius 1 is 0.274 bits per heavy atom. The van der Waals surface area contributed by atoms with Crippen LogP contribution in [0, 0.1) is 0 Å². The van der Waals surface area contributed by atoms with Crippen LogP contribution in [-0.4, -0.2) is 37.2 Å². The van der Waals surface area contributed by atoms with E-state index in [1.54, 1.807) is 0 Å². The van der Waals surface area contributed by atoms with Crippen LogP contribution in [-0.2, 0) is 28.6 Å². The fraction of sp³-hybridized carbons (Fsp3) is 0.866. The lowest BCUT2D eigenvalue weighted by atomic mass is 10.0. The standard InChI is InChI=1S/C67H124O6/c1-4-7-10-13-16-19-22-25-28-30-31-32-33-34-35-36-37-38-40-42-45-48-51-54-57-60-66(69)72-63-64(62-71-65(68)59-56-53-50-47-44-41-27-24-21-18-15-12-9-6-3)73-67(70)61-58-55-52-49-46-43-39-29-26-23-20-17-14-11-8-5-2/h20,23,29-31,39,64H,4-19,21-22,24-28,32-38,40-63H2,1-3H3/b23-20-,31-30-,39-29-. The van der Waals surface area contributed by atoms with Crippen molar-refractivity contribution in [2.24, 2.45) is 0 Å². The van der Waals surface area contributed by atoms with Gasteiger partial charge >= 0.3 is 17.9 Å². The number of hydrogen-bond donors (Lipinski definition) is 0. The fourth-order valence-electron chi connectivity index (χ4n) is 9.71. The molecule has 0 aromatic heterocycles. The van der Waals surface area contributed by atoms with Gasteiger partial charge in [-0.2, -0.15) is 0 Å². The van der Waals surface area contributed by atoms with Gasteiger partial charge in [-0.1, -0.05) is 295 Å². The molecule has 73 heavy (non-hydrogen) atoms. The molecular formula is C67H124O6. The molecule has 1 unspecified atom stereocenters. The Bertz CT molecular complexity index is 1220. The molecule has 6 nitrogen and oxygen atoms in total. The van der Waals surface area contributed by atoms with Crippen LogP contribution in [0.25, 0.3) is 0 Å². The van der Waals surface area contributed by atoms with Gasteiger partial charge in [0.15, 0.2) is 6.10 Å². The highest BCUT2D eigenvalue weighted by molar-refractivity contribution is 5.71. The van der Waals surface area contributed by atoms with E-state index in [0.717, 1.165) is 83.5 Å². The van der Waals surface area contributed by atoms with Crippen LogP contribution in [0.2, 0.25) is 0 Å². The van der Waals surface area contributed by atoms with Gasteiger partial charge in [-0.3, -0.25) is 14.4 Å². The average Bonchev–Trinajstić information content (AvgIpc) is 3.39. The summed E-state index contributed by atoms with van der Waals surface area (Å²) in [5.74, 6) is -0.864. The maximum atomic E-state index is 12.9. The quantitative estimate of drug-likeness (QED) is 0.0261. The van der Waals surface area contributed by atoms with Gasteiger partial charge in [0, 0.05) is 19.3 Å². The first-order valence-electron chi connectivity index (χ1n) is 32.5.